The number of anilines is 1. The highest BCUT2D eigenvalue weighted by Gasteiger charge is 2.33. The number of nitrogens with one attached hydrogen (secondary N) is 1. The quantitative estimate of drug-likeness (QED) is 0.459. The summed E-state index contributed by atoms with van der Waals surface area (Å²) in [7, 11) is -3.26. The van der Waals surface area contributed by atoms with Crippen LogP contribution in [-0.2, 0) is 23.6 Å². The number of piperazine rings is 1. The summed E-state index contributed by atoms with van der Waals surface area (Å²) >= 11 is 0. The molecule has 1 aliphatic rings. The van der Waals surface area contributed by atoms with Crippen molar-refractivity contribution in [3.05, 3.63) is 59.2 Å². The molecule has 2 aromatic rings. The molecule has 1 amide bonds. The number of carbonyl (C=O) groups is 1. The van der Waals surface area contributed by atoms with Gasteiger partial charge in [0, 0.05) is 38.3 Å². The fourth-order valence-electron chi connectivity index (χ4n) is 3.40. The molecule has 1 N–H and O–H groups in total. The number of ether oxygens (including phenoxy) is 1. The highest BCUT2D eigenvalue weighted by molar-refractivity contribution is 7.73. The van der Waals surface area contributed by atoms with Crippen LogP contribution in [0.4, 0.5) is 32.0 Å². The van der Waals surface area contributed by atoms with E-state index in [4.69, 9.17) is 0 Å². The number of carbonyl (C=O) groups excluding carboxylic acids is 1. The molecule has 3 rings (SSSR count). The third-order valence-corrected chi connectivity index (χ3v) is 5.44. The number of thiol groups is 1. The molecule has 1 heterocycles. The van der Waals surface area contributed by atoms with Crippen molar-refractivity contribution in [1.82, 2.24) is 9.80 Å². The molecule has 7 nitrogen and oxygen atoms in total. The van der Waals surface area contributed by atoms with Crippen molar-refractivity contribution >= 4 is 22.5 Å². The maximum Gasteiger partial charge on any atom is 0.573 e. The zero-order valence-electron chi connectivity index (χ0n) is 17.3. The minimum atomic E-state index is -5.10. The number of rotatable bonds is 6. The van der Waals surface area contributed by atoms with E-state index in [9.17, 15) is 39.6 Å². The van der Waals surface area contributed by atoms with E-state index in [1.807, 2.05) is 9.62 Å². The SMILES string of the molecule is O=C(c1ccc(N[SH](=O)=O)c(OC(F)(F)F)c1)N1CCN(Cc2ccc(C(F)(F)F)cc2)CC1. The third-order valence-electron chi connectivity index (χ3n) is 5.01. The lowest BCUT2D eigenvalue weighted by atomic mass is 10.1. The van der Waals surface area contributed by atoms with Crippen molar-refractivity contribution in [1.29, 1.82) is 0 Å². The highest BCUT2D eigenvalue weighted by atomic mass is 32.2. The topological polar surface area (TPSA) is 78.9 Å². The number of nitrogens with zero attached hydrogens (tertiary/aromatic N) is 2. The van der Waals surface area contributed by atoms with Gasteiger partial charge in [-0.05, 0) is 35.9 Å². The summed E-state index contributed by atoms with van der Waals surface area (Å²) in [4.78, 5) is 16.1. The minimum Gasteiger partial charge on any atom is -0.404 e. The number of amides is 1. The fourth-order valence-corrected chi connectivity index (χ4v) is 3.79. The van der Waals surface area contributed by atoms with Crippen LogP contribution in [0.5, 0.6) is 5.75 Å². The molecule has 1 fully saturated rings. The molecule has 186 valence electrons. The fraction of sp³-hybridized carbons (Fsp3) is 0.350. The Morgan fingerprint density at radius 1 is 0.941 bits per heavy atom. The summed E-state index contributed by atoms with van der Waals surface area (Å²) in [5.74, 6) is -1.43. The van der Waals surface area contributed by atoms with Gasteiger partial charge < -0.3 is 9.64 Å². The summed E-state index contributed by atoms with van der Waals surface area (Å²) in [6.07, 6.45) is -9.52. The van der Waals surface area contributed by atoms with Gasteiger partial charge in [-0.2, -0.15) is 13.2 Å². The summed E-state index contributed by atoms with van der Waals surface area (Å²) in [6, 6.07) is 7.75. The van der Waals surface area contributed by atoms with E-state index in [-0.39, 0.29) is 18.7 Å². The lowest BCUT2D eigenvalue weighted by Gasteiger charge is -2.35. The molecule has 14 heteroatoms. The van der Waals surface area contributed by atoms with Crippen LogP contribution in [0.25, 0.3) is 0 Å². The van der Waals surface area contributed by atoms with Crippen molar-refractivity contribution in [3.63, 3.8) is 0 Å². The van der Waals surface area contributed by atoms with Crippen LogP contribution in [0.2, 0.25) is 0 Å². The molecule has 34 heavy (non-hydrogen) atoms. The Kier molecular flexibility index (Phi) is 7.60. The van der Waals surface area contributed by atoms with Gasteiger partial charge in [0.1, 0.15) is 0 Å². The van der Waals surface area contributed by atoms with Crippen LogP contribution >= 0.6 is 0 Å². The predicted molar refractivity (Wildman–Crippen MR) is 110 cm³/mol. The van der Waals surface area contributed by atoms with Crippen molar-refractivity contribution in [2.75, 3.05) is 30.9 Å². The number of benzene rings is 2. The number of hydrogen-bond acceptors (Lipinski definition) is 5. The standard InChI is InChI=1S/C20H19F6N3O4S/c21-19(22,23)15-4-1-13(2-5-15)12-28-7-9-29(10-8-28)18(30)14-3-6-16(27-34(31)32)17(11-14)33-20(24,25)26/h1-6,11,34H,7-10,12H2,(H,27,31,32). The first-order valence-electron chi connectivity index (χ1n) is 9.80. The van der Waals surface area contributed by atoms with E-state index < -0.39 is 46.3 Å². The van der Waals surface area contributed by atoms with Gasteiger partial charge in [-0.3, -0.25) is 14.4 Å². The Morgan fingerprint density at radius 3 is 2.09 bits per heavy atom. The molecule has 2 aromatic carbocycles. The van der Waals surface area contributed by atoms with E-state index in [2.05, 4.69) is 4.74 Å². The van der Waals surface area contributed by atoms with Crippen molar-refractivity contribution in [3.8, 4) is 5.75 Å². The summed E-state index contributed by atoms with van der Waals surface area (Å²) < 4.78 is 103. The monoisotopic (exact) mass is 511 g/mol. The Bertz CT molecular complexity index is 1090. The normalized spacial score (nSPS) is 15.4. The molecule has 0 saturated carbocycles. The molecular weight excluding hydrogens is 492 g/mol. The Balaban J connectivity index is 1.64. The van der Waals surface area contributed by atoms with E-state index in [0.717, 1.165) is 24.3 Å². The van der Waals surface area contributed by atoms with E-state index in [0.29, 0.717) is 25.2 Å². The number of hydrogen-bond donors (Lipinski definition) is 2. The summed E-state index contributed by atoms with van der Waals surface area (Å²) in [5, 5.41) is 0. The lowest BCUT2D eigenvalue weighted by Crippen LogP contribution is -2.48. The average Bonchev–Trinajstić information content (AvgIpc) is 2.73. The second-order valence-corrected chi connectivity index (χ2v) is 8.13. The van der Waals surface area contributed by atoms with Gasteiger partial charge in [0.15, 0.2) is 5.75 Å². The summed E-state index contributed by atoms with van der Waals surface area (Å²) in [6.45, 7) is 1.64. The van der Waals surface area contributed by atoms with Gasteiger partial charge in [0.2, 0.25) is 10.9 Å². The van der Waals surface area contributed by atoms with Gasteiger partial charge in [-0.25, -0.2) is 8.42 Å². The molecule has 1 aliphatic heterocycles. The first-order valence-corrected chi connectivity index (χ1v) is 11.0. The van der Waals surface area contributed by atoms with Crippen molar-refractivity contribution in [2.45, 2.75) is 19.1 Å². The van der Waals surface area contributed by atoms with Crippen molar-refractivity contribution in [2.24, 2.45) is 0 Å². The molecule has 0 aromatic heterocycles. The van der Waals surface area contributed by atoms with E-state index >= 15 is 0 Å². The smallest absolute Gasteiger partial charge is 0.404 e. The van der Waals surface area contributed by atoms with Crippen molar-refractivity contribution < 1.29 is 44.3 Å². The number of halogens is 6. The maximum atomic E-state index is 12.8. The Hall–Kier alpha value is -3.00. The average molecular weight is 511 g/mol. The molecule has 0 aliphatic carbocycles. The van der Waals surface area contributed by atoms with Gasteiger partial charge in [0.05, 0.1) is 11.3 Å². The first-order chi connectivity index (χ1) is 15.8. The van der Waals surface area contributed by atoms with Gasteiger partial charge in [-0.1, -0.05) is 12.1 Å². The zero-order valence-corrected chi connectivity index (χ0v) is 18.2. The predicted octanol–water partition coefficient (Wildman–Crippen LogP) is 3.50. The van der Waals surface area contributed by atoms with Gasteiger partial charge >= 0.3 is 12.5 Å². The minimum absolute atomic E-state index is 0.123. The molecule has 0 bridgehead atoms. The lowest BCUT2D eigenvalue weighted by molar-refractivity contribution is -0.274. The van der Waals surface area contributed by atoms with Crippen LogP contribution < -0.4 is 9.46 Å². The molecule has 0 radical (unpaired) electrons. The second-order valence-electron chi connectivity index (χ2n) is 7.39. The molecule has 0 unspecified atom stereocenters. The third kappa shape index (κ3) is 7.00. The molecule has 0 spiro atoms. The Morgan fingerprint density at radius 2 is 1.56 bits per heavy atom. The van der Waals surface area contributed by atoms with Crippen LogP contribution in [0.15, 0.2) is 42.5 Å². The van der Waals surface area contributed by atoms with Crippen LogP contribution in [0, 0.1) is 0 Å². The molecule has 1 saturated heterocycles. The van der Waals surface area contributed by atoms with Gasteiger partial charge in [0.25, 0.3) is 5.91 Å². The first kappa shape index (κ1) is 25.6. The van der Waals surface area contributed by atoms with Crippen LogP contribution in [0.1, 0.15) is 21.5 Å². The second kappa shape index (κ2) is 10.1. The molecular formula is C20H19F6N3O4S. The molecule has 0 atom stereocenters. The van der Waals surface area contributed by atoms with E-state index in [1.165, 1.54) is 23.1 Å². The highest BCUT2D eigenvalue weighted by Crippen LogP contribution is 2.32. The number of alkyl halides is 6. The Labute approximate surface area is 192 Å². The summed E-state index contributed by atoms with van der Waals surface area (Å²) in [5.41, 5.74) is -0.668. The van der Waals surface area contributed by atoms with E-state index in [1.54, 1.807) is 0 Å². The zero-order chi connectivity index (χ0) is 25.1. The maximum absolute atomic E-state index is 12.8. The van der Waals surface area contributed by atoms with Gasteiger partial charge in [-0.15, -0.1) is 13.2 Å². The largest absolute Gasteiger partial charge is 0.573 e. The van der Waals surface area contributed by atoms with Crippen LogP contribution in [0.3, 0.4) is 0 Å². The van der Waals surface area contributed by atoms with Crippen LogP contribution in [-0.4, -0.2) is 56.7 Å².